The highest BCUT2D eigenvalue weighted by molar-refractivity contribution is 6.83. The molecule has 2 heteroatoms. The maximum Gasteiger partial charge on any atom is 0.0738 e. The molecule has 0 aromatic carbocycles. The van der Waals surface area contributed by atoms with Crippen molar-refractivity contribution < 1.29 is 0 Å². The van der Waals surface area contributed by atoms with Crippen LogP contribution >= 0.6 is 0 Å². The first kappa shape index (κ1) is 11.9. The summed E-state index contributed by atoms with van der Waals surface area (Å²) >= 11 is 0. The second-order valence-electron chi connectivity index (χ2n) is 4.03. The Morgan fingerprint density at radius 1 is 1.17 bits per heavy atom. The third kappa shape index (κ3) is 4.73. The largest absolute Gasteiger partial charge is 0.306 e. The zero-order valence-corrected chi connectivity index (χ0v) is 10.2. The summed E-state index contributed by atoms with van der Waals surface area (Å²) in [4.78, 5) is 2.20. The fraction of sp³-hybridized carbons (Fsp3) is 0.800. The molecule has 0 rings (SSSR count). The lowest BCUT2D eigenvalue weighted by atomic mass is 10.6. The predicted molar refractivity (Wildman–Crippen MR) is 60.3 cm³/mol. The number of hydrogen-bond donors (Lipinski definition) is 0. The minimum atomic E-state index is -0.971. The molecule has 0 aliphatic heterocycles. The smallest absolute Gasteiger partial charge is 0.0738 e. The van der Waals surface area contributed by atoms with Gasteiger partial charge in [0.05, 0.1) is 8.07 Å². The van der Waals surface area contributed by atoms with E-state index in [0.717, 1.165) is 6.54 Å². The van der Waals surface area contributed by atoms with Crippen LogP contribution in [0.2, 0.25) is 18.6 Å². The SMILES string of the molecule is CC[Si](C)(C=CCN(C)C)CC. The minimum absolute atomic E-state index is 0.971. The van der Waals surface area contributed by atoms with E-state index in [0.29, 0.717) is 0 Å². The maximum atomic E-state index is 2.49. The highest BCUT2D eigenvalue weighted by Crippen LogP contribution is 2.15. The van der Waals surface area contributed by atoms with E-state index in [1.807, 2.05) is 0 Å². The van der Waals surface area contributed by atoms with E-state index in [-0.39, 0.29) is 0 Å². The molecule has 1 nitrogen and oxygen atoms in total. The molecule has 0 aromatic heterocycles. The van der Waals surface area contributed by atoms with E-state index in [2.05, 4.69) is 51.2 Å². The molecular formula is C10H23NSi. The van der Waals surface area contributed by atoms with E-state index < -0.39 is 8.07 Å². The zero-order valence-electron chi connectivity index (χ0n) is 9.22. The summed E-state index contributed by atoms with van der Waals surface area (Å²) in [6.07, 6.45) is 2.33. The van der Waals surface area contributed by atoms with E-state index in [1.165, 1.54) is 12.1 Å². The molecular weight excluding hydrogens is 162 g/mol. The molecule has 12 heavy (non-hydrogen) atoms. The highest BCUT2D eigenvalue weighted by atomic mass is 28.3. The molecule has 0 amide bonds. The molecule has 0 atom stereocenters. The molecule has 0 heterocycles. The van der Waals surface area contributed by atoms with E-state index >= 15 is 0 Å². The zero-order chi connectivity index (χ0) is 9.61. The summed E-state index contributed by atoms with van der Waals surface area (Å²) in [7, 11) is 3.25. The Hall–Kier alpha value is -0.0831. The van der Waals surface area contributed by atoms with Crippen LogP contribution in [-0.4, -0.2) is 33.6 Å². The van der Waals surface area contributed by atoms with Crippen LogP contribution < -0.4 is 0 Å². The molecule has 0 aliphatic rings. The molecule has 0 saturated carbocycles. The van der Waals surface area contributed by atoms with Crippen LogP contribution in [0, 0.1) is 0 Å². The average Bonchev–Trinajstić information content (AvgIpc) is 2.03. The standard InChI is InChI=1S/C10H23NSi/c1-6-12(5,7-2)10-8-9-11(3)4/h8,10H,6-7,9H2,1-5H3. The first-order valence-corrected chi connectivity index (χ1v) is 7.85. The Labute approximate surface area is 78.5 Å². The van der Waals surface area contributed by atoms with E-state index in [4.69, 9.17) is 0 Å². The predicted octanol–water partition coefficient (Wildman–Crippen LogP) is 2.76. The number of hydrogen-bond acceptors (Lipinski definition) is 1. The van der Waals surface area contributed by atoms with Crippen molar-refractivity contribution in [3.63, 3.8) is 0 Å². The summed E-state index contributed by atoms with van der Waals surface area (Å²) in [5.74, 6) is 0. The van der Waals surface area contributed by atoms with Gasteiger partial charge >= 0.3 is 0 Å². The van der Waals surface area contributed by atoms with Gasteiger partial charge in [-0.3, -0.25) is 0 Å². The maximum absolute atomic E-state index is 2.49. The molecule has 0 N–H and O–H groups in total. The quantitative estimate of drug-likeness (QED) is 0.595. The first-order chi connectivity index (χ1) is 5.54. The monoisotopic (exact) mass is 185 g/mol. The highest BCUT2D eigenvalue weighted by Gasteiger charge is 2.17. The topological polar surface area (TPSA) is 3.24 Å². The van der Waals surface area contributed by atoms with Crippen molar-refractivity contribution in [2.24, 2.45) is 0 Å². The van der Waals surface area contributed by atoms with Gasteiger partial charge in [0.1, 0.15) is 0 Å². The van der Waals surface area contributed by atoms with Crippen LogP contribution in [0.4, 0.5) is 0 Å². The Kier molecular flexibility index (Phi) is 5.50. The van der Waals surface area contributed by atoms with Gasteiger partial charge in [0, 0.05) is 6.54 Å². The van der Waals surface area contributed by atoms with Crippen LogP contribution in [0.3, 0.4) is 0 Å². The fourth-order valence-electron chi connectivity index (χ4n) is 1.03. The molecule has 0 saturated heterocycles. The third-order valence-electron chi connectivity index (χ3n) is 2.61. The van der Waals surface area contributed by atoms with Crippen molar-refractivity contribution in [1.82, 2.24) is 4.90 Å². The van der Waals surface area contributed by atoms with Crippen LogP contribution in [-0.2, 0) is 0 Å². The fourth-order valence-corrected chi connectivity index (χ4v) is 2.68. The number of nitrogens with zero attached hydrogens (tertiary/aromatic N) is 1. The summed E-state index contributed by atoms with van der Waals surface area (Å²) in [6.45, 7) is 8.17. The normalized spacial score (nSPS) is 13.2. The van der Waals surface area contributed by atoms with Gasteiger partial charge in [-0.2, -0.15) is 0 Å². The first-order valence-electron chi connectivity index (χ1n) is 4.86. The summed E-state index contributed by atoms with van der Waals surface area (Å²) in [5.41, 5.74) is 2.49. The van der Waals surface area contributed by atoms with Crippen LogP contribution in [0.15, 0.2) is 11.8 Å². The molecule has 0 unspecified atom stereocenters. The van der Waals surface area contributed by atoms with Crippen molar-refractivity contribution in [2.45, 2.75) is 32.5 Å². The van der Waals surface area contributed by atoms with Crippen LogP contribution in [0.5, 0.6) is 0 Å². The van der Waals surface area contributed by atoms with Gasteiger partial charge in [-0.15, -0.1) is 0 Å². The molecule has 0 bridgehead atoms. The Morgan fingerprint density at radius 2 is 1.67 bits per heavy atom. The van der Waals surface area contributed by atoms with Gasteiger partial charge in [-0.05, 0) is 14.1 Å². The Bertz CT molecular complexity index is 137. The van der Waals surface area contributed by atoms with Crippen molar-refractivity contribution in [2.75, 3.05) is 20.6 Å². The van der Waals surface area contributed by atoms with Crippen molar-refractivity contribution in [3.8, 4) is 0 Å². The lowest BCUT2D eigenvalue weighted by Gasteiger charge is -2.19. The number of rotatable bonds is 5. The Morgan fingerprint density at radius 3 is 2.00 bits per heavy atom. The van der Waals surface area contributed by atoms with Gasteiger partial charge in [0.15, 0.2) is 0 Å². The van der Waals surface area contributed by atoms with Crippen LogP contribution in [0.25, 0.3) is 0 Å². The lowest BCUT2D eigenvalue weighted by Crippen LogP contribution is -2.25. The van der Waals surface area contributed by atoms with E-state index in [9.17, 15) is 0 Å². The number of likely N-dealkylation sites (N-methyl/N-ethyl adjacent to an activating group) is 1. The van der Waals surface area contributed by atoms with Gasteiger partial charge in [-0.25, -0.2) is 0 Å². The van der Waals surface area contributed by atoms with Gasteiger partial charge in [0.2, 0.25) is 0 Å². The second-order valence-corrected chi connectivity index (χ2v) is 9.08. The van der Waals surface area contributed by atoms with Crippen LogP contribution in [0.1, 0.15) is 13.8 Å². The molecule has 72 valence electrons. The van der Waals surface area contributed by atoms with E-state index in [1.54, 1.807) is 0 Å². The van der Waals surface area contributed by atoms with Crippen molar-refractivity contribution in [3.05, 3.63) is 11.8 Å². The van der Waals surface area contributed by atoms with Gasteiger partial charge in [0.25, 0.3) is 0 Å². The molecule has 0 spiro atoms. The lowest BCUT2D eigenvalue weighted by molar-refractivity contribution is 0.456. The summed E-state index contributed by atoms with van der Waals surface area (Å²) in [6, 6.07) is 2.74. The molecule has 0 aliphatic carbocycles. The van der Waals surface area contributed by atoms with Gasteiger partial charge < -0.3 is 4.90 Å². The molecule has 0 fully saturated rings. The average molecular weight is 185 g/mol. The van der Waals surface area contributed by atoms with Crippen molar-refractivity contribution >= 4 is 8.07 Å². The molecule has 0 aromatic rings. The minimum Gasteiger partial charge on any atom is -0.306 e. The summed E-state index contributed by atoms with van der Waals surface area (Å²) in [5, 5.41) is 0. The Balaban J connectivity index is 3.93. The third-order valence-corrected chi connectivity index (χ3v) is 6.88. The summed E-state index contributed by atoms with van der Waals surface area (Å²) < 4.78 is 0. The molecule has 0 radical (unpaired) electrons. The van der Waals surface area contributed by atoms with Gasteiger partial charge in [-0.1, -0.05) is 44.3 Å². The van der Waals surface area contributed by atoms with Crippen molar-refractivity contribution in [1.29, 1.82) is 0 Å². The second kappa shape index (κ2) is 5.54.